The van der Waals surface area contributed by atoms with Crippen molar-refractivity contribution in [1.29, 1.82) is 0 Å². The predicted molar refractivity (Wildman–Crippen MR) is 126 cm³/mol. The van der Waals surface area contributed by atoms with Crippen LogP contribution in [0.1, 0.15) is 132 Å². The molecule has 1 heteroatoms. The van der Waals surface area contributed by atoms with E-state index in [1.54, 1.807) is 0 Å². The molecule has 0 N–H and O–H groups in total. The number of hydrogen-bond acceptors (Lipinski definition) is 1. The minimum absolute atomic E-state index is 0.769. The Kier molecular flexibility index (Phi) is 18.0. The lowest BCUT2D eigenvalue weighted by Gasteiger charge is -2.33. The summed E-state index contributed by atoms with van der Waals surface area (Å²) in [5, 5.41) is 0. The van der Waals surface area contributed by atoms with E-state index in [9.17, 15) is 0 Å². The third kappa shape index (κ3) is 15.5. The van der Waals surface area contributed by atoms with Gasteiger partial charge in [-0.3, -0.25) is 0 Å². The molecular formula is C26H55N. The molecule has 0 aromatic carbocycles. The first kappa shape index (κ1) is 27.0. The van der Waals surface area contributed by atoms with Gasteiger partial charge in [-0.25, -0.2) is 0 Å². The van der Waals surface area contributed by atoms with Crippen molar-refractivity contribution in [3.8, 4) is 0 Å². The van der Waals surface area contributed by atoms with Gasteiger partial charge in [0.05, 0.1) is 0 Å². The van der Waals surface area contributed by atoms with Crippen molar-refractivity contribution < 1.29 is 0 Å². The number of rotatable bonds is 19. The van der Waals surface area contributed by atoms with E-state index in [2.05, 4.69) is 53.4 Å². The van der Waals surface area contributed by atoms with Crippen molar-refractivity contribution >= 4 is 0 Å². The molecule has 3 unspecified atom stereocenters. The minimum Gasteiger partial charge on any atom is -0.300 e. The maximum absolute atomic E-state index is 2.86. The zero-order valence-corrected chi connectivity index (χ0v) is 20.4. The van der Waals surface area contributed by atoms with E-state index in [0.29, 0.717) is 0 Å². The molecule has 0 rings (SSSR count). The van der Waals surface area contributed by atoms with Crippen LogP contribution in [-0.4, -0.2) is 24.0 Å². The Hall–Kier alpha value is -0.0400. The van der Waals surface area contributed by atoms with Gasteiger partial charge in [0.2, 0.25) is 0 Å². The molecule has 0 aromatic heterocycles. The van der Waals surface area contributed by atoms with E-state index in [1.165, 1.54) is 96.6 Å². The van der Waals surface area contributed by atoms with Gasteiger partial charge in [-0.05, 0) is 56.9 Å². The van der Waals surface area contributed by atoms with Gasteiger partial charge in [0, 0.05) is 12.6 Å². The SMILES string of the molecule is CCCCCCC(C)N(CCCCC(C)CC(C)C)CC(CC)CCCC. The molecule has 0 aromatic rings. The molecule has 0 amide bonds. The third-order valence-electron chi connectivity index (χ3n) is 6.40. The zero-order valence-electron chi connectivity index (χ0n) is 20.4. The van der Waals surface area contributed by atoms with E-state index < -0.39 is 0 Å². The van der Waals surface area contributed by atoms with Crippen molar-refractivity contribution in [2.75, 3.05) is 13.1 Å². The second kappa shape index (κ2) is 18.0. The molecule has 0 bridgehead atoms. The van der Waals surface area contributed by atoms with Gasteiger partial charge >= 0.3 is 0 Å². The van der Waals surface area contributed by atoms with Crippen LogP contribution in [0, 0.1) is 17.8 Å². The van der Waals surface area contributed by atoms with Gasteiger partial charge in [0.15, 0.2) is 0 Å². The highest BCUT2D eigenvalue weighted by atomic mass is 15.1. The fraction of sp³-hybridized carbons (Fsp3) is 1.00. The molecule has 0 aliphatic rings. The van der Waals surface area contributed by atoms with E-state index >= 15 is 0 Å². The molecular weight excluding hydrogens is 326 g/mol. The Labute approximate surface area is 174 Å². The summed E-state index contributed by atoms with van der Waals surface area (Å²) < 4.78 is 0. The molecule has 0 fully saturated rings. The lowest BCUT2D eigenvalue weighted by Crippen LogP contribution is -2.38. The van der Waals surface area contributed by atoms with E-state index in [0.717, 1.165) is 23.8 Å². The molecule has 1 nitrogen and oxygen atoms in total. The first-order chi connectivity index (χ1) is 12.9. The summed E-state index contributed by atoms with van der Waals surface area (Å²) >= 11 is 0. The Morgan fingerprint density at radius 2 is 1.33 bits per heavy atom. The summed E-state index contributed by atoms with van der Waals surface area (Å²) in [6.45, 7) is 19.4. The van der Waals surface area contributed by atoms with Crippen LogP contribution in [0.15, 0.2) is 0 Å². The summed E-state index contributed by atoms with van der Waals surface area (Å²) in [5.74, 6) is 2.66. The second-order valence-electron chi connectivity index (χ2n) is 9.84. The highest BCUT2D eigenvalue weighted by molar-refractivity contribution is 4.72. The van der Waals surface area contributed by atoms with E-state index in [-0.39, 0.29) is 0 Å². The molecule has 0 heterocycles. The van der Waals surface area contributed by atoms with Gasteiger partial charge in [-0.1, -0.05) is 99.3 Å². The van der Waals surface area contributed by atoms with Crippen molar-refractivity contribution in [1.82, 2.24) is 4.90 Å². The molecule has 164 valence electrons. The van der Waals surface area contributed by atoms with Crippen LogP contribution in [0.3, 0.4) is 0 Å². The van der Waals surface area contributed by atoms with Gasteiger partial charge in [-0.15, -0.1) is 0 Å². The van der Waals surface area contributed by atoms with Crippen LogP contribution in [0.25, 0.3) is 0 Å². The Morgan fingerprint density at radius 1 is 0.667 bits per heavy atom. The number of nitrogens with zero attached hydrogens (tertiary/aromatic N) is 1. The topological polar surface area (TPSA) is 3.24 Å². The zero-order chi connectivity index (χ0) is 20.5. The number of unbranched alkanes of at least 4 members (excludes halogenated alkanes) is 5. The molecule has 27 heavy (non-hydrogen) atoms. The largest absolute Gasteiger partial charge is 0.300 e. The summed E-state index contributed by atoms with van der Waals surface area (Å²) in [5.41, 5.74) is 0. The molecule has 0 saturated heterocycles. The van der Waals surface area contributed by atoms with Crippen LogP contribution in [0.4, 0.5) is 0 Å². The Morgan fingerprint density at radius 3 is 1.93 bits per heavy atom. The van der Waals surface area contributed by atoms with Crippen LogP contribution in [0.2, 0.25) is 0 Å². The standard InChI is InChI=1S/C26H55N/c1-8-11-13-14-18-25(7)27(22-26(10-3)19-12-9-2)20-16-15-17-24(6)21-23(4)5/h23-26H,8-22H2,1-7H3. The highest BCUT2D eigenvalue weighted by Crippen LogP contribution is 2.21. The average molecular weight is 382 g/mol. The molecule has 0 aliphatic carbocycles. The lowest BCUT2D eigenvalue weighted by atomic mass is 9.93. The lowest BCUT2D eigenvalue weighted by molar-refractivity contribution is 0.155. The summed E-state index contributed by atoms with van der Waals surface area (Å²) in [6, 6.07) is 0.769. The average Bonchev–Trinajstić information content (AvgIpc) is 2.63. The third-order valence-corrected chi connectivity index (χ3v) is 6.40. The summed E-state index contributed by atoms with van der Waals surface area (Å²) in [6.07, 6.45) is 18.2. The van der Waals surface area contributed by atoms with Crippen molar-refractivity contribution in [3.05, 3.63) is 0 Å². The van der Waals surface area contributed by atoms with E-state index in [4.69, 9.17) is 0 Å². The van der Waals surface area contributed by atoms with Crippen LogP contribution >= 0.6 is 0 Å². The highest BCUT2D eigenvalue weighted by Gasteiger charge is 2.18. The molecule has 0 spiro atoms. The molecule has 0 saturated carbocycles. The van der Waals surface area contributed by atoms with Crippen molar-refractivity contribution in [2.45, 2.75) is 138 Å². The Bertz CT molecular complexity index is 299. The van der Waals surface area contributed by atoms with Crippen LogP contribution in [-0.2, 0) is 0 Å². The first-order valence-electron chi connectivity index (χ1n) is 12.7. The van der Waals surface area contributed by atoms with Gasteiger partial charge in [-0.2, -0.15) is 0 Å². The normalized spacial score (nSPS) is 15.4. The Balaban J connectivity index is 4.43. The minimum atomic E-state index is 0.769. The second-order valence-corrected chi connectivity index (χ2v) is 9.84. The summed E-state index contributed by atoms with van der Waals surface area (Å²) in [4.78, 5) is 2.86. The number of hydrogen-bond donors (Lipinski definition) is 0. The maximum atomic E-state index is 2.86. The van der Waals surface area contributed by atoms with Crippen LogP contribution < -0.4 is 0 Å². The van der Waals surface area contributed by atoms with Crippen molar-refractivity contribution in [3.63, 3.8) is 0 Å². The van der Waals surface area contributed by atoms with Gasteiger partial charge in [0.25, 0.3) is 0 Å². The van der Waals surface area contributed by atoms with E-state index in [1.807, 2.05) is 0 Å². The first-order valence-corrected chi connectivity index (χ1v) is 12.7. The molecule has 3 atom stereocenters. The summed E-state index contributed by atoms with van der Waals surface area (Å²) in [7, 11) is 0. The van der Waals surface area contributed by atoms with Crippen molar-refractivity contribution in [2.24, 2.45) is 17.8 Å². The molecule has 0 radical (unpaired) electrons. The maximum Gasteiger partial charge on any atom is 0.00670 e. The van der Waals surface area contributed by atoms with Gasteiger partial charge in [0.1, 0.15) is 0 Å². The smallest absolute Gasteiger partial charge is 0.00670 e. The predicted octanol–water partition coefficient (Wildman–Crippen LogP) is 8.72. The fourth-order valence-corrected chi connectivity index (χ4v) is 4.52. The quantitative estimate of drug-likeness (QED) is 0.202. The monoisotopic (exact) mass is 381 g/mol. The molecule has 0 aliphatic heterocycles. The van der Waals surface area contributed by atoms with Crippen LogP contribution in [0.5, 0.6) is 0 Å². The van der Waals surface area contributed by atoms with Gasteiger partial charge < -0.3 is 4.90 Å². The fourth-order valence-electron chi connectivity index (χ4n) is 4.52.